The van der Waals surface area contributed by atoms with E-state index in [1.54, 1.807) is 23.2 Å². The Balaban J connectivity index is 1.04. The molecule has 3 aromatic rings. The monoisotopic (exact) mass is 806 g/mol. The van der Waals surface area contributed by atoms with Gasteiger partial charge < -0.3 is 43.0 Å². The van der Waals surface area contributed by atoms with E-state index in [0.717, 1.165) is 27.8 Å². The number of hydrogen-bond donors (Lipinski definition) is 0. The van der Waals surface area contributed by atoms with Crippen LogP contribution in [0.3, 0.4) is 0 Å². The molecular weight excluding hydrogens is 757 g/mol. The minimum absolute atomic E-state index is 0.0283. The molecule has 4 aliphatic rings. The maximum Gasteiger partial charge on any atom is 0.257 e. The number of ether oxygens (including phenoxy) is 7. The van der Waals surface area contributed by atoms with Crippen LogP contribution in [0, 0.1) is 6.92 Å². The summed E-state index contributed by atoms with van der Waals surface area (Å²) in [5.41, 5.74) is 6.51. The third kappa shape index (κ3) is 10.1. The van der Waals surface area contributed by atoms with Gasteiger partial charge in [0.15, 0.2) is 17.3 Å². The molecule has 2 fully saturated rings. The van der Waals surface area contributed by atoms with E-state index in [1.165, 1.54) is 14.0 Å². The van der Waals surface area contributed by atoms with Crippen molar-refractivity contribution in [1.29, 1.82) is 0 Å². The number of nitrogens with zero attached hydrogens (tertiary/aromatic N) is 4. The van der Waals surface area contributed by atoms with Crippen molar-refractivity contribution in [3.63, 3.8) is 0 Å². The molecule has 0 spiro atoms. The smallest absolute Gasteiger partial charge is 0.257 e. The van der Waals surface area contributed by atoms with Gasteiger partial charge >= 0.3 is 0 Å². The van der Waals surface area contributed by atoms with E-state index in [2.05, 4.69) is 23.1 Å². The fourth-order valence-electron chi connectivity index (χ4n) is 7.40. The molecule has 3 aromatic carbocycles. The minimum Gasteiger partial charge on any atom is -0.493 e. The molecule has 310 valence electrons. The second-order valence-corrected chi connectivity index (χ2v) is 15.0. The number of ketones is 1. The van der Waals surface area contributed by atoms with E-state index >= 15 is 0 Å². The number of carbonyl (C=O) groups excluding carboxylic acids is 3. The van der Waals surface area contributed by atoms with Crippen molar-refractivity contribution in [2.45, 2.75) is 52.0 Å². The van der Waals surface area contributed by atoms with Crippen LogP contribution in [0.4, 0.5) is 11.4 Å². The Morgan fingerprint density at radius 1 is 0.678 bits per heavy atom. The maximum absolute atomic E-state index is 13.5. The van der Waals surface area contributed by atoms with E-state index in [1.807, 2.05) is 48.4 Å². The number of amides is 2. The number of methoxy groups -OCH3 is 1. The van der Waals surface area contributed by atoms with Gasteiger partial charge in [0.25, 0.3) is 11.8 Å². The number of hydrogen-bond acceptors (Lipinski definition) is 12. The normalized spacial score (nSPS) is 17.9. The van der Waals surface area contributed by atoms with Gasteiger partial charge in [0.1, 0.15) is 37.9 Å². The number of fused-ring (bicyclic) bond motifs is 4. The van der Waals surface area contributed by atoms with E-state index in [9.17, 15) is 14.4 Å². The molecule has 2 atom stereocenters. The lowest BCUT2D eigenvalue weighted by Gasteiger charge is -2.20. The molecule has 2 saturated heterocycles. The molecule has 0 N–H and O–H groups in total. The first-order valence-corrected chi connectivity index (χ1v) is 19.7. The lowest BCUT2D eigenvalue weighted by molar-refractivity contribution is -0.122. The third-order valence-corrected chi connectivity index (χ3v) is 10.3. The van der Waals surface area contributed by atoms with Crippen molar-refractivity contribution >= 4 is 41.4 Å². The molecule has 0 aromatic heterocycles. The largest absolute Gasteiger partial charge is 0.493 e. The fourth-order valence-corrected chi connectivity index (χ4v) is 7.40. The lowest BCUT2D eigenvalue weighted by Crippen LogP contribution is -2.35. The van der Waals surface area contributed by atoms with Gasteiger partial charge in [0.2, 0.25) is 0 Å². The zero-order valence-electron chi connectivity index (χ0n) is 33.8. The maximum atomic E-state index is 13.5. The predicted molar refractivity (Wildman–Crippen MR) is 221 cm³/mol. The van der Waals surface area contributed by atoms with Crippen LogP contribution in [-0.4, -0.2) is 118 Å². The summed E-state index contributed by atoms with van der Waals surface area (Å²) in [5, 5.41) is 0. The quantitative estimate of drug-likeness (QED) is 0.102. The summed E-state index contributed by atoms with van der Waals surface area (Å²) in [5.74, 6) is 1.84. The molecule has 0 aliphatic carbocycles. The molecular formula is C45H50N4O10. The van der Waals surface area contributed by atoms with Gasteiger partial charge in [-0.15, -0.1) is 0 Å². The van der Waals surface area contributed by atoms with Crippen molar-refractivity contribution in [2.75, 3.05) is 66.4 Å². The van der Waals surface area contributed by atoms with Gasteiger partial charge in [-0.1, -0.05) is 24.3 Å². The Bertz CT molecular complexity index is 2180. The number of rotatable bonds is 19. The number of Topliss-reactive ketones (excluding diaryl/α,β-unsaturated/α-hetero) is 1. The average molecular weight is 807 g/mol. The highest BCUT2D eigenvalue weighted by atomic mass is 16.6. The Labute approximate surface area is 344 Å². The third-order valence-electron chi connectivity index (χ3n) is 10.3. The molecule has 59 heavy (non-hydrogen) atoms. The van der Waals surface area contributed by atoms with Crippen LogP contribution in [0.25, 0.3) is 0 Å². The second-order valence-electron chi connectivity index (χ2n) is 15.0. The number of aryl methyl sites for hydroxylation is 1. The first kappa shape index (κ1) is 41.3. The standard InChI is InChI=1S/C45H50N4O10/c1-28-12-34-21-46-39-19-41(30(3)14-37(39)44(51)48(34)23-28)58-26-32-15-33(17-36(16-32)57-11-10-55-7-6-54-8-9-56-25-31(4)50)27-59-43-20-40-38(18-42(43)53-5)45(52)49-24-29(2)13-35(49)22-47-40/h14-22,34-35H,1-2,6-13,23-27H2,3-5H3/t34-,35-/m0/s1. The van der Waals surface area contributed by atoms with E-state index < -0.39 is 0 Å². The molecule has 0 unspecified atom stereocenters. The summed E-state index contributed by atoms with van der Waals surface area (Å²) in [7, 11) is 1.54. The molecule has 0 radical (unpaired) electrons. The molecule has 14 nitrogen and oxygen atoms in total. The van der Waals surface area contributed by atoms with Crippen LogP contribution >= 0.6 is 0 Å². The Morgan fingerprint density at radius 3 is 1.78 bits per heavy atom. The van der Waals surface area contributed by atoms with E-state index in [-0.39, 0.29) is 56.1 Å². The van der Waals surface area contributed by atoms with Gasteiger partial charge in [-0.3, -0.25) is 24.4 Å². The van der Waals surface area contributed by atoms with E-state index in [0.29, 0.717) is 104 Å². The molecule has 0 bridgehead atoms. The van der Waals surface area contributed by atoms with Crippen LogP contribution in [0.15, 0.2) is 76.8 Å². The van der Waals surface area contributed by atoms with Crippen molar-refractivity contribution in [3.8, 4) is 23.0 Å². The topological polar surface area (TPSA) is 147 Å². The molecule has 4 aliphatic heterocycles. The Hall–Kier alpha value is -5.83. The molecule has 0 saturated carbocycles. The van der Waals surface area contributed by atoms with Crippen molar-refractivity contribution < 1.29 is 47.5 Å². The number of carbonyl (C=O) groups is 3. The zero-order valence-corrected chi connectivity index (χ0v) is 33.8. The summed E-state index contributed by atoms with van der Waals surface area (Å²) in [6, 6.07) is 12.6. The minimum atomic E-state index is -0.132. The summed E-state index contributed by atoms with van der Waals surface area (Å²) in [4.78, 5) is 50.8. The SMILES string of the molecule is C=C1C[C@H]2C=Nc3cc(OCc4cc(COc5cc6c(cc5OC)C(=O)N5CC(=C)C[C@H]5C=N6)cc(OCCOCCOCCOCC(C)=O)c4)c(C)cc3C(=O)N2C1. The van der Waals surface area contributed by atoms with Crippen LogP contribution in [0.1, 0.15) is 57.2 Å². The summed E-state index contributed by atoms with van der Waals surface area (Å²) in [6.07, 6.45) is 5.01. The first-order valence-electron chi connectivity index (χ1n) is 19.7. The van der Waals surface area contributed by atoms with Crippen LogP contribution < -0.4 is 18.9 Å². The predicted octanol–water partition coefficient (Wildman–Crippen LogP) is 6.15. The lowest BCUT2D eigenvalue weighted by atomic mass is 10.1. The van der Waals surface area contributed by atoms with Crippen molar-refractivity contribution in [1.82, 2.24) is 9.80 Å². The number of benzene rings is 3. The van der Waals surface area contributed by atoms with Crippen molar-refractivity contribution in [3.05, 3.63) is 94.6 Å². The Kier molecular flexibility index (Phi) is 13.2. The molecule has 4 heterocycles. The van der Waals surface area contributed by atoms with Crippen LogP contribution in [0.2, 0.25) is 0 Å². The van der Waals surface area contributed by atoms with Gasteiger partial charge in [0, 0.05) is 37.7 Å². The Morgan fingerprint density at radius 2 is 1.20 bits per heavy atom. The second kappa shape index (κ2) is 18.8. The highest BCUT2D eigenvalue weighted by Gasteiger charge is 2.35. The van der Waals surface area contributed by atoms with Gasteiger partial charge in [-0.2, -0.15) is 0 Å². The molecule has 7 rings (SSSR count). The van der Waals surface area contributed by atoms with Gasteiger partial charge in [-0.25, -0.2) is 0 Å². The number of aliphatic imine (C=N–C) groups is 2. The summed E-state index contributed by atoms with van der Waals surface area (Å²) >= 11 is 0. The summed E-state index contributed by atoms with van der Waals surface area (Å²) < 4.78 is 40.9. The van der Waals surface area contributed by atoms with E-state index in [4.69, 9.17) is 33.2 Å². The average Bonchev–Trinajstić information content (AvgIpc) is 3.73. The fraction of sp³-hybridized carbons (Fsp3) is 0.400. The van der Waals surface area contributed by atoms with Crippen molar-refractivity contribution in [2.24, 2.45) is 9.98 Å². The molecule has 14 heteroatoms. The van der Waals surface area contributed by atoms with Crippen LogP contribution in [-0.2, 0) is 32.2 Å². The van der Waals surface area contributed by atoms with Gasteiger partial charge in [0.05, 0.1) is 74.7 Å². The first-order chi connectivity index (χ1) is 28.6. The molecule has 2 amide bonds. The van der Waals surface area contributed by atoms with Crippen LogP contribution in [0.5, 0.6) is 23.0 Å². The van der Waals surface area contributed by atoms with Gasteiger partial charge in [-0.05, 0) is 73.7 Å². The summed E-state index contributed by atoms with van der Waals surface area (Å²) in [6.45, 7) is 15.0. The highest BCUT2D eigenvalue weighted by molar-refractivity contribution is 6.04. The zero-order chi connectivity index (χ0) is 41.5. The highest BCUT2D eigenvalue weighted by Crippen LogP contribution is 2.39.